The predicted molar refractivity (Wildman–Crippen MR) is 409 cm³/mol. The molecule has 0 spiro atoms. The molecule has 0 aliphatic carbocycles. The predicted octanol–water partition coefficient (Wildman–Crippen LogP) is 29.1. The van der Waals surface area contributed by atoms with Crippen LogP contribution in [0, 0.1) is 0 Å². The molecule has 12 heteroatoms. The Morgan fingerprint density at radius 1 is 0.244 bits per heavy atom. The number of hydrogen-bond donors (Lipinski definition) is 2. The van der Waals surface area contributed by atoms with E-state index in [1.54, 1.807) is 0 Å². The number of hydrogen-bond acceptors (Lipinski definition) is 10. The smallest absolute Gasteiger partial charge is 0.178 e. The van der Waals surface area contributed by atoms with Crippen molar-refractivity contribution in [1.29, 1.82) is 0 Å². The quantitative estimate of drug-likeness (QED) is 0.0288. The summed E-state index contributed by atoms with van der Waals surface area (Å²) in [5.74, 6) is 8.06. The number of thioether (sulfide) groups is 6. The molecular weight excluding hydrogens is 1210 g/mol. The lowest BCUT2D eigenvalue weighted by molar-refractivity contribution is 0.626. The Morgan fingerprint density at radius 3 is 0.722 bits per heavy atom. The summed E-state index contributed by atoms with van der Waals surface area (Å²) >= 11 is 12.4. The molecule has 5 heterocycles. The standard InChI is InChI=1S/C78H114N6S6/c1-7-13-19-25-31-37-43-85-71-49-59-60(50-72(71)86-44-38-32-26-20-14-8-2)66-56-68-62-52-74(88-46-40-34-28-22-16-10-4)76(90-48-42-36-30-24-18-12-6)54-64(62)70(81-68)58-78-82-77(83-84-78)57-69-63-53-75(89-47-41-35-29-23-17-11-5)73(87-45-39-33-27-21-15-9-3)51-61(63)67(80-69)55-65(59)79-66/h49-58,80-81H,7-48H2,1-6H3. The Morgan fingerprint density at radius 2 is 0.467 bits per heavy atom. The number of fused-ring (bicyclic) bond motifs is 17. The number of azo groups is 1. The molecule has 0 unspecified atom stereocenters. The molecule has 6 aromatic rings. The van der Waals surface area contributed by atoms with Crippen LogP contribution >= 0.6 is 70.6 Å². The molecule has 8 rings (SSSR count). The molecule has 3 aromatic carbocycles. The molecule has 0 radical (unpaired) electrons. The summed E-state index contributed by atoms with van der Waals surface area (Å²) < 4.78 is 0. The van der Waals surface area contributed by atoms with Crippen LogP contribution in [0.2, 0.25) is 0 Å². The molecule has 0 fully saturated rings. The molecular formula is C78H114N6S6. The Bertz CT molecular complexity index is 3060. The lowest BCUT2D eigenvalue weighted by atomic mass is 10.0. The van der Waals surface area contributed by atoms with Gasteiger partial charge in [-0.25, -0.2) is 9.97 Å². The molecule has 3 aromatic heterocycles. The summed E-state index contributed by atoms with van der Waals surface area (Å²) in [5.41, 5.74) is 8.72. The van der Waals surface area contributed by atoms with Gasteiger partial charge in [0.05, 0.1) is 22.4 Å². The molecule has 90 heavy (non-hydrogen) atoms. The fourth-order valence-corrected chi connectivity index (χ4v) is 19.3. The van der Waals surface area contributed by atoms with Crippen molar-refractivity contribution in [2.45, 2.75) is 302 Å². The number of benzene rings is 3. The normalized spacial score (nSPS) is 12.2. The Labute approximate surface area is 571 Å². The zero-order valence-electron chi connectivity index (χ0n) is 56.7. The van der Waals surface area contributed by atoms with Crippen LogP contribution in [0.25, 0.3) is 66.1 Å². The Hall–Kier alpha value is -3.00. The SMILES string of the molecule is CCCCCCCCSc1cc2c(cc1SCCCCCCCC)-c1cc3[nH]c(cc4nc(cc5[nH]c(cc-2n1)c1cc(SCCCCCCCC)c(SCCCCCCCC)cc51)N=N4)c1cc(SCCCCCCCC)c(SCCCCCCCC)cc31. The second kappa shape index (κ2) is 42.4. The van der Waals surface area contributed by atoms with Gasteiger partial charge < -0.3 is 9.97 Å². The number of rotatable bonds is 48. The van der Waals surface area contributed by atoms with Crippen molar-refractivity contribution in [2.24, 2.45) is 10.2 Å². The number of H-pyrrole nitrogens is 2. The maximum absolute atomic E-state index is 5.84. The van der Waals surface area contributed by atoms with Gasteiger partial charge in [0.15, 0.2) is 11.6 Å². The minimum Gasteiger partial charge on any atom is -0.354 e. The third kappa shape index (κ3) is 23.4. The van der Waals surface area contributed by atoms with Gasteiger partial charge in [0.1, 0.15) is 0 Å². The van der Waals surface area contributed by atoms with Crippen molar-refractivity contribution in [1.82, 2.24) is 19.9 Å². The van der Waals surface area contributed by atoms with Gasteiger partial charge in [0.2, 0.25) is 0 Å². The lowest BCUT2D eigenvalue weighted by Crippen LogP contribution is -1.89. The molecule has 0 saturated carbocycles. The first-order valence-electron chi connectivity index (χ1n) is 36.5. The van der Waals surface area contributed by atoms with E-state index in [4.69, 9.17) is 20.2 Å². The first kappa shape index (κ1) is 72.8. The van der Waals surface area contributed by atoms with Gasteiger partial charge in [-0.3, -0.25) is 0 Å². The summed E-state index contributed by atoms with van der Waals surface area (Å²) in [5, 5.41) is 14.5. The number of unbranched alkanes of at least 4 members (excludes halogenated alkanes) is 30. The van der Waals surface area contributed by atoms with E-state index < -0.39 is 0 Å². The number of nitrogens with one attached hydrogen (secondary N) is 2. The molecule has 6 nitrogen and oxygen atoms in total. The summed E-state index contributed by atoms with van der Waals surface area (Å²) in [4.78, 5) is 27.4. The number of aromatic amines is 2. The zero-order valence-corrected chi connectivity index (χ0v) is 61.6. The molecule has 492 valence electrons. The van der Waals surface area contributed by atoms with Crippen molar-refractivity contribution in [3.63, 3.8) is 0 Å². The van der Waals surface area contributed by atoms with Crippen LogP contribution in [0.4, 0.5) is 11.6 Å². The monoisotopic (exact) mass is 1330 g/mol. The fourth-order valence-electron chi connectivity index (χ4n) is 12.5. The first-order chi connectivity index (χ1) is 44.4. The highest BCUT2D eigenvalue weighted by molar-refractivity contribution is 8.03. The number of aromatic nitrogens is 4. The molecule has 0 saturated heterocycles. The molecule has 2 aliphatic rings. The van der Waals surface area contributed by atoms with Crippen molar-refractivity contribution in [3.8, 4) is 22.5 Å². The zero-order chi connectivity index (χ0) is 62.8. The first-order valence-corrected chi connectivity index (χ1v) is 42.4. The van der Waals surface area contributed by atoms with Gasteiger partial charge in [-0.2, -0.15) is 0 Å². The average molecular weight is 1330 g/mol. The van der Waals surface area contributed by atoms with Crippen LogP contribution in [0.15, 0.2) is 100 Å². The van der Waals surface area contributed by atoms with E-state index in [9.17, 15) is 0 Å². The molecule has 0 atom stereocenters. The average Bonchev–Trinajstić information content (AvgIpc) is 1.99. The Kier molecular flexibility index (Phi) is 34.3. The minimum absolute atomic E-state index is 0.620. The van der Waals surface area contributed by atoms with Crippen LogP contribution in [0.1, 0.15) is 273 Å². The van der Waals surface area contributed by atoms with Crippen LogP contribution in [0.3, 0.4) is 0 Å². The minimum atomic E-state index is 0.620. The summed E-state index contributed by atoms with van der Waals surface area (Å²) in [6, 6.07) is 24.2. The molecule has 2 N–H and O–H groups in total. The van der Waals surface area contributed by atoms with Crippen molar-refractivity contribution < 1.29 is 0 Å². The van der Waals surface area contributed by atoms with Crippen LogP contribution in [0.5, 0.6) is 0 Å². The van der Waals surface area contributed by atoms with Crippen LogP contribution < -0.4 is 0 Å². The van der Waals surface area contributed by atoms with Crippen molar-refractivity contribution in [2.75, 3.05) is 34.5 Å². The van der Waals surface area contributed by atoms with Gasteiger partial charge in [-0.15, -0.1) is 80.8 Å². The van der Waals surface area contributed by atoms with E-state index in [0.29, 0.717) is 11.6 Å². The van der Waals surface area contributed by atoms with E-state index in [-0.39, 0.29) is 0 Å². The highest BCUT2D eigenvalue weighted by Gasteiger charge is 2.23. The summed E-state index contributed by atoms with van der Waals surface area (Å²) in [6.07, 6.45) is 47.2. The van der Waals surface area contributed by atoms with Gasteiger partial charge in [0, 0.05) is 85.2 Å². The van der Waals surface area contributed by atoms with Crippen LogP contribution in [-0.4, -0.2) is 54.5 Å². The fraction of sp³-hybridized carbons (Fsp3) is 0.615. The lowest BCUT2D eigenvalue weighted by Gasteiger charge is -2.13. The molecule has 2 aliphatic heterocycles. The van der Waals surface area contributed by atoms with E-state index in [0.717, 1.165) is 68.0 Å². The van der Waals surface area contributed by atoms with Crippen LogP contribution in [-0.2, 0) is 0 Å². The largest absolute Gasteiger partial charge is 0.354 e. The Balaban J connectivity index is 1.30. The topological polar surface area (TPSA) is 82.1 Å². The second-order valence-electron chi connectivity index (χ2n) is 25.6. The third-order valence-electron chi connectivity index (χ3n) is 17.9. The third-order valence-corrected chi connectivity index (χ3v) is 25.1. The van der Waals surface area contributed by atoms with Gasteiger partial charge in [-0.1, -0.05) is 234 Å². The highest BCUT2D eigenvalue weighted by atomic mass is 32.2. The summed E-state index contributed by atoms with van der Waals surface area (Å²) in [7, 11) is 0. The molecule has 0 amide bonds. The maximum Gasteiger partial charge on any atom is 0.178 e. The number of nitrogens with zero attached hydrogens (tertiary/aromatic N) is 4. The van der Waals surface area contributed by atoms with Crippen molar-refractivity contribution >= 4 is 126 Å². The molecule has 8 bridgehead atoms. The van der Waals surface area contributed by atoms with E-state index in [1.165, 1.54) is 293 Å². The van der Waals surface area contributed by atoms with Gasteiger partial charge in [0.25, 0.3) is 0 Å². The van der Waals surface area contributed by atoms with E-state index in [2.05, 4.69) is 183 Å². The second-order valence-corrected chi connectivity index (χ2v) is 32.4. The van der Waals surface area contributed by atoms with Crippen molar-refractivity contribution in [3.05, 3.63) is 60.7 Å². The van der Waals surface area contributed by atoms with E-state index >= 15 is 0 Å². The highest BCUT2D eigenvalue weighted by Crippen LogP contribution is 2.47. The van der Waals surface area contributed by atoms with Gasteiger partial charge >= 0.3 is 0 Å². The summed E-state index contributed by atoms with van der Waals surface area (Å²) in [6.45, 7) is 13.9. The van der Waals surface area contributed by atoms with Gasteiger partial charge in [-0.05, 0) is 122 Å². The van der Waals surface area contributed by atoms with E-state index in [1.807, 2.05) is 0 Å². The maximum atomic E-state index is 5.84.